The second kappa shape index (κ2) is 5.79. The molecule has 1 aromatic rings. The maximum atomic E-state index is 10.5. The largest absolute Gasteiger partial charge is 0.348 e. The van der Waals surface area contributed by atoms with Crippen molar-refractivity contribution in [2.75, 3.05) is 13.2 Å². The van der Waals surface area contributed by atoms with Crippen molar-refractivity contribution in [2.45, 2.75) is 31.5 Å². The Labute approximate surface area is 107 Å². The minimum atomic E-state index is -4.02. The number of ether oxygens (including phenoxy) is 2. The molecule has 0 saturated carbocycles. The van der Waals surface area contributed by atoms with Gasteiger partial charge in [0.25, 0.3) is 10.1 Å². The molecule has 1 saturated heterocycles. The molecule has 1 fully saturated rings. The van der Waals surface area contributed by atoms with Crippen molar-refractivity contribution in [1.82, 2.24) is 0 Å². The van der Waals surface area contributed by atoms with Gasteiger partial charge in [0.05, 0.1) is 18.1 Å². The van der Waals surface area contributed by atoms with Crippen LogP contribution in [-0.4, -0.2) is 32.0 Å². The molecule has 0 radical (unpaired) electrons. The highest BCUT2D eigenvalue weighted by atomic mass is 32.2. The Morgan fingerprint density at radius 1 is 1.11 bits per heavy atom. The fourth-order valence-corrected chi connectivity index (χ4v) is 1.81. The molecule has 102 valence electrons. The molecule has 1 heterocycles. The summed E-state index contributed by atoms with van der Waals surface area (Å²) in [7, 11) is -4.02. The zero-order chi connectivity index (χ0) is 13.8. The minimum Gasteiger partial charge on any atom is -0.348 e. The average Bonchev–Trinajstić information content (AvgIpc) is 2.63. The van der Waals surface area contributed by atoms with E-state index in [0.717, 1.165) is 18.8 Å². The van der Waals surface area contributed by atoms with E-state index in [1.54, 1.807) is 12.1 Å². The van der Waals surface area contributed by atoms with E-state index in [1.807, 2.05) is 20.8 Å². The summed E-state index contributed by atoms with van der Waals surface area (Å²) in [5, 5.41) is 0. The maximum Gasteiger partial charge on any atom is 0.294 e. The molecule has 0 aliphatic carbocycles. The molecule has 1 aliphatic heterocycles. The van der Waals surface area contributed by atoms with Crippen LogP contribution in [0.4, 0.5) is 0 Å². The van der Waals surface area contributed by atoms with Crippen LogP contribution in [0.5, 0.6) is 0 Å². The summed E-state index contributed by atoms with van der Waals surface area (Å²) < 4.78 is 39.8. The van der Waals surface area contributed by atoms with E-state index >= 15 is 0 Å². The Balaban J connectivity index is 0.000000199. The van der Waals surface area contributed by atoms with Crippen LogP contribution in [0, 0.1) is 6.92 Å². The third-order valence-corrected chi connectivity index (χ3v) is 3.17. The Hall–Kier alpha value is -0.950. The summed E-state index contributed by atoms with van der Waals surface area (Å²) in [5.74, 6) is -0.306. The number of hydrogen-bond donors (Lipinski definition) is 1. The zero-order valence-corrected chi connectivity index (χ0v) is 11.5. The Kier molecular flexibility index (Phi) is 4.86. The second-order valence-corrected chi connectivity index (χ2v) is 5.81. The topological polar surface area (TPSA) is 72.8 Å². The SMILES string of the molecule is CC1(C)OCCO1.Cc1ccc(S(=O)(=O)O)cc1. The first-order valence-corrected chi connectivity index (χ1v) is 6.97. The lowest BCUT2D eigenvalue weighted by Gasteiger charge is -2.13. The van der Waals surface area contributed by atoms with Crippen molar-refractivity contribution in [2.24, 2.45) is 0 Å². The van der Waals surface area contributed by atoms with E-state index in [1.165, 1.54) is 12.1 Å². The van der Waals surface area contributed by atoms with Gasteiger partial charge < -0.3 is 9.47 Å². The van der Waals surface area contributed by atoms with Crippen LogP contribution < -0.4 is 0 Å². The fourth-order valence-electron chi connectivity index (χ4n) is 1.33. The highest BCUT2D eigenvalue weighted by molar-refractivity contribution is 7.85. The molecule has 1 N–H and O–H groups in total. The predicted molar refractivity (Wildman–Crippen MR) is 67.0 cm³/mol. The molecule has 6 heteroatoms. The molecule has 0 bridgehead atoms. The van der Waals surface area contributed by atoms with Crippen molar-refractivity contribution >= 4 is 10.1 Å². The van der Waals surface area contributed by atoms with E-state index in [0.29, 0.717) is 0 Å². The molecule has 0 aromatic heterocycles. The normalized spacial score (nSPS) is 18.0. The quantitative estimate of drug-likeness (QED) is 0.793. The van der Waals surface area contributed by atoms with Gasteiger partial charge in [-0.25, -0.2) is 0 Å². The highest BCUT2D eigenvalue weighted by Gasteiger charge is 2.23. The van der Waals surface area contributed by atoms with Crippen LogP contribution in [0.25, 0.3) is 0 Å². The van der Waals surface area contributed by atoms with Crippen LogP contribution in [-0.2, 0) is 19.6 Å². The zero-order valence-electron chi connectivity index (χ0n) is 10.7. The van der Waals surface area contributed by atoms with E-state index in [-0.39, 0.29) is 10.7 Å². The van der Waals surface area contributed by atoms with Gasteiger partial charge in [-0.1, -0.05) is 17.7 Å². The molecular weight excluding hydrogens is 256 g/mol. The standard InChI is InChI=1S/C7H8O3S.C5H10O2/c1-6-2-4-7(5-3-6)11(8,9)10;1-5(2)6-3-4-7-5/h2-5H,1H3,(H,8,9,10);3-4H2,1-2H3. The molecule has 1 aromatic carbocycles. The second-order valence-electron chi connectivity index (χ2n) is 4.38. The summed E-state index contributed by atoms with van der Waals surface area (Å²) in [6.45, 7) is 7.16. The van der Waals surface area contributed by atoms with Crippen molar-refractivity contribution < 1.29 is 22.4 Å². The molecule has 18 heavy (non-hydrogen) atoms. The number of benzene rings is 1. The van der Waals surface area contributed by atoms with Gasteiger partial charge in [0.2, 0.25) is 0 Å². The monoisotopic (exact) mass is 274 g/mol. The summed E-state index contributed by atoms with van der Waals surface area (Å²) in [6.07, 6.45) is 0. The molecular formula is C12H18O5S. The highest BCUT2D eigenvalue weighted by Crippen LogP contribution is 2.15. The third kappa shape index (κ3) is 5.14. The van der Waals surface area contributed by atoms with Crippen LogP contribution in [0.2, 0.25) is 0 Å². The minimum absolute atomic E-state index is 0.0666. The van der Waals surface area contributed by atoms with Gasteiger partial charge in [0.15, 0.2) is 5.79 Å². The van der Waals surface area contributed by atoms with E-state index in [4.69, 9.17) is 14.0 Å². The van der Waals surface area contributed by atoms with Crippen molar-refractivity contribution in [1.29, 1.82) is 0 Å². The van der Waals surface area contributed by atoms with Gasteiger partial charge in [-0.05, 0) is 32.9 Å². The van der Waals surface area contributed by atoms with Gasteiger partial charge >= 0.3 is 0 Å². The van der Waals surface area contributed by atoms with Gasteiger partial charge in [-0.15, -0.1) is 0 Å². The van der Waals surface area contributed by atoms with E-state index in [2.05, 4.69) is 0 Å². The molecule has 0 atom stereocenters. The van der Waals surface area contributed by atoms with E-state index in [9.17, 15) is 8.42 Å². The van der Waals surface area contributed by atoms with Crippen LogP contribution in [0.3, 0.4) is 0 Å². The molecule has 0 unspecified atom stereocenters. The summed E-state index contributed by atoms with van der Waals surface area (Å²) >= 11 is 0. The molecule has 1 aliphatic rings. The first-order valence-electron chi connectivity index (χ1n) is 5.53. The Bertz CT molecular complexity index is 468. The maximum absolute atomic E-state index is 10.5. The first-order chi connectivity index (χ1) is 8.21. The molecule has 0 spiro atoms. The lowest BCUT2D eigenvalue weighted by Crippen LogP contribution is -2.18. The van der Waals surface area contributed by atoms with Gasteiger partial charge in [0.1, 0.15) is 0 Å². The predicted octanol–water partition coefficient (Wildman–Crippen LogP) is 2.01. The Morgan fingerprint density at radius 2 is 1.56 bits per heavy atom. The van der Waals surface area contributed by atoms with Crippen LogP contribution in [0.15, 0.2) is 29.2 Å². The molecule has 5 nitrogen and oxygen atoms in total. The van der Waals surface area contributed by atoms with Crippen molar-refractivity contribution in [3.05, 3.63) is 29.8 Å². The van der Waals surface area contributed by atoms with Crippen molar-refractivity contribution in [3.8, 4) is 0 Å². The summed E-state index contributed by atoms with van der Waals surface area (Å²) in [5.41, 5.74) is 0.956. The lowest BCUT2D eigenvalue weighted by molar-refractivity contribution is -0.125. The average molecular weight is 274 g/mol. The smallest absolute Gasteiger partial charge is 0.294 e. The lowest BCUT2D eigenvalue weighted by atomic mass is 10.2. The van der Waals surface area contributed by atoms with Gasteiger partial charge in [-0.3, -0.25) is 4.55 Å². The summed E-state index contributed by atoms with van der Waals surface area (Å²) in [4.78, 5) is -0.0666. The number of rotatable bonds is 1. The fraction of sp³-hybridized carbons (Fsp3) is 0.500. The first kappa shape index (κ1) is 15.1. The Morgan fingerprint density at radius 3 is 1.83 bits per heavy atom. The molecule has 2 rings (SSSR count). The summed E-state index contributed by atoms with van der Waals surface area (Å²) in [6, 6.07) is 5.99. The van der Waals surface area contributed by atoms with Gasteiger partial charge in [-0.2, -0.15) is 8.42 Å². The number of hydrogen-bond acceptors (Lipinski definition) is 4. The van der Waals surface area contributed by atoms with Gasteiger partial charge in [0, 0.05) is 0 Å². The van der Waals surface area contributed by atoms with Crippen molar-refractivity contribution in [3.63, 3.8) is 0 Å². The molecule has 0 amide bonds. The van der Waals surface area contributed by atoms with Crippen LogP contribution in [0.1, 0.15) is 19.4 Å². The van der Waals surface area contributed by atoms with E-state index < -0.39 is 10.1 Å². The number of aryl methyl sites for hydroxylation is 1. The van der Waals surface area contributed by atoms with Crippen LogP contribution >= 0.6 is 0 Å². The third-order valence-electron chi connectivity index (χ3n) is 2.30.